The van der Waals surface area contributed by atoms with Gasteiger partial charge >= 0.3 is 17.9 Å². The Morgan fingerprint density at radius 1 is 0.306 bits per heavy atom. The molecule has 0 aromatic rings. The van der Waals surface area contributed by atoms with Crippen LogP contribution in [0.4, 0.5) is 0 Å². The highest BCUT2D eigenvalue weighted by Gasteiger charge is 2.19. The number of carbonyl (C=O) groups is 3. The first-order valence-corrected chi connectivity index (χ1v) is 27.0. The molecule has 1 unspecified atom stereocenters. The van der Waals surface area contributed by atoms with Crippen LogP contribution in [-0.2, 0) is 28.6 Å². The van der Waals surface area contributed by atoms with Gasteiger partial charge in [-0.15, -0.1) is 0 Å². The van der Waals surface area contributed by atoms with Crippen molar-refractivity contribution < 1.29 is 28.6 Å². The molecule has 0 aliphatic carbocycles. The Labute approximate surface area is 385 Å². The van der Waals surface area contributed by atoms with E-state index in [4.69, 9.17) is 14.2 Å². The molecule has 0 radical (unpaired) electrons. The molecule has 0 amide bonds. The fraction of sp³-hybridized carbons (Fsp3) is 0.839. The summed E-state index contributed by atoms with van der Waals surface area (Å²) in [5, 5.41) is 0. The van der Waals surface area contributed by atoms with Crippen LogP contribution < -0.4 is 0 Å². The van der Waals surface area contributed by atoms with Gasteiger partial charge in [-0.1, -0.05) is 205 Å². The van der Waals surface area contributed by atoms with Crippen LogP contribution in [-0.4, -0.2) is 37.2 Å². The van der Waals surface area contributed by atoms with Crippen molar-refractivity contribution in [3.8, 4) is 0 Å². The third kappa shape index (κ3) is 48.7. The summed E-state index contributed by atoms with van der Waals surface area (Å²) < 4.78 is 16.8. The SMILES string of the molecule is CCCCCC/C=C\CCCCCCCC(=O)OCC(COC(=O)CCCCCCC/C=C\CCCCCCCCC)OC(=O)CCCCCCC/C=C\CCCCCCCC. The number of ether oxygens (including phenoxy) is 3. The summed E-state index contributed by atoms with van der Waals surface area (Å²) in [4.78, 5) is 38.0. The molecule has 0 N–H and O–H groups in total. The minimum Gasteiger partial charge on any atom is -0.462 e. The highest BCUT2D eigenvalue weighted by molar-refractivity contribution is 5.71. The fourth-order valence-electron chi connectivity index (χ4n) is 7.72. The summed E-state index contributed by atoms with van der Waals surface area (Å²) >= 11 is 0. The van der Waals surface area contributed by atoms with E-state index in [1.165, 1.54) is 161 Å². The smallest absolute Gasteiger partial charge is 0.306 e. The summed E-state index contributed by atoms with van der Waals surface area (Å²) in [6.45, 7) is 6.62. The van der Waals surface area contributed by atoms with Crippen molar-refractivity contribution >= 4 is 17.9 Å². The molecule has 0 saturated heterocycles. The van der Waals surface area contributed by atoms with Crippen molar-refractivity contribution in [3.63, 3.8) is 0 Å². The highest BCUT2D eigenvalue weighted by atomic mass is 16.6. The van der Waals surface area contributed by atoms with Crippen LogP contribution in [0.1, 0.15) is 284 Å². The van der Waals surface area contributed by atoms with Gasteiger partial charge in [-0.3, -0.25) is 14.4 Å². The Bertz CT molecular complexity index is 1050. The topological polar surface area (TPSA) is 78.9 Å². The molecular weight excluding hydrogens is 769 g/mol. The zero-order valence-electron chi connectivity index (χ0n) is 41.4. The largest absolute Gasteiger partial charge is 0.462 e. The number of carbonyl (C=O) groups excluding carboxylic acids is 3. The predicted molar refractivity (Wildman–Crippen MR) is 266 cm³/mol. The van der Waals surface area contributed by atoms with E-state index in [1.54, 1.807) is 0 Å². The van der Waals surface area contributed by atoms with Crippen molar-refractivity contribution in [1.29, 1.82) is 0 Å². The normalized spacial score (nSPS) is 12.2. The van der Waals surface area contributed by atoms with Crippen molar-refractivity contribution in [3.05, 3.63) is 36.5 Å². The number of rotatable bonds is 49. The summed E-state index contributed by atoms with van der Waals surface area (Å²) in [6.07, 6.45) is 59.8. The monoisotopic (exact) mass is 871 g/mol. The van der Waals surface area contributed by atoms with Gasteiger partial charge in [-0.25, -0.2) is 0 Å². The number of unbranched alkanes of at least 4 members (excludes halogenated alkanes) is 32. The third-order valence-corrected chi connectivity index (χ3v) is 11.8. The van der Waals surface area contributed by atoms with Gasteiger partial charge in [0, 0.05) is 19.3 Å². The summed E-state index contributed by atoms with van der Waals surface area (Å²) in [5.74, 6) is -0.895. The maximum Gasteiger partial charge on any atom is 0.306 e. The van der Waals surface area contributed by atoms with Crippen molar-refractivity contribution in [2.75, 3.05) is 13.2 Å². The second kappa shape index (κ2) is 51.3. The first kappa shape index (κ1) is 59.6. The van der Waals surface area contributed by atoms with Gasteiger partial charge in [-0.2, -0.15) is 0 Å². The zero-order valence-corrected chi connectivity index (χ0v) is 41.4. The second-order valence-electron chi connectivity index (χ2n) is 18.1. The maximum absolute atomic E-state index is 12.8. The molecule has 6 nitrogen and oxygen atoms in total. The van der Waals surface area contributed by atoms with Crippen LogP contribution in [0.3, 0.4) is 0 Å². The van der Waals surface area contributed by atoms with Crippen LogP contribution in [0.2, 0.25) is 0 Å². The molecule has 0 aliphatic rings. The molecule has 0 saturated carbocycles. The number of hydrogen-bond donors (Lipinski definition) is 0. The lowest BCUT2D eigenvalue weighted by Crippen LogP contribution is -2.30. The molecule has 0 rings (SSSR count). The zero-order chi connectivity index (χ0) is 45.1. The highest BCUT2D eigenvalue weighted by Crippen LogP contribution is 2.15. The quantitative estimate of drug-likeness (QED) is 0.0262. The first-order chi connectivity index (χ1) is 30.5. The van der Waals surface area contributed by atoms with Gasteiger partial charge < -0.3 is 14.2 Å². The lowest BCUT2D eigenvalue weighted by atomic mass is 10.1. The van der Waals surface area contributed by atoms with Gasteiger partial charge in [0.05, 0.1) is 0 Å². The lowest BCUT2D eigenvalue weighted by Gasteiger charge is -2.18. The van der Waals surface area contributed by atoms with Crippen LogP contribution in [0.25, 0.3) is 0 Å². The van der Waals surface area contributed by atoms with Gasteiger partial charge in [0.15, 0.2) is 6.10 Å². The van der Waals surface area contributed by atoms with E-state index in [2.05, 4.69) is 57.2 Å². The number of hydrogen-bond acceptors (Lipinski definition) is 6. The Kier molecular flexibility index (Phi) is 49.3. The van der Waals surface area contributed by atoms with E-state index in [1.807, 2.05) is 0 Å². The Balaban J connectivity index is 4.39. The van der Waals surface area contributed by atoms with E-state index in [9.17, 15) is 14.4 Å². The van der Waals surface area contributed by atoms with Crippen LogP contribution >= 0.6 is 0 Å². The summed E-state index contributed by atoms with van der Waals surface area (Å²) in [6, 6.07) is 0. The van der Waals surface area contributed by atoms with Crippen molar-refractivity contribution in [2.24, 2.45) is 0 Å². The lowest BCUT2D eigenvalue weighted by molar-refractivity contribution is -0.167. The molecule has 0 heterocycles. The van der Waals surface area contributed by atoms with E-state index in [0.29, 0.717) is 19.3 Å². The standard InChI is InChI=1S/C56H102O6/c1-4-7-10-13-16-19-22-25-27-29-31-34-37-40-43-46-49-55(58)61-52-53(51-60-54(57)48-45-42-39-36-33-30-24-21-18-15-12-9-6-3)62-56(59)50-47-44-41-38-35-32-28-26-23-20-17-14-11-8-5-2/h21,24,26-29,53H,4-20,22-23,25,30-52H2,1-3H3/b24-21-,28-26-,29-27-. The van der Waals surface area contributed by atoms with Gasteiger partial charge in [0.25, 0.3) is 0 Å². The molecule has 362 valence electrons. The minimum atomic E-state index is -0.780. The van der Waals surface area contributed by atoms with E-state index in [0.717, 1.165) is 83.5 Å². The molecule has 62 heavy (non-hydrogen) atoms. The molecule has 0 fully saturated rings. The molecule has 6 heteroatoms. The molecule has 0 aromatic carbocycles. The fourth-order valence-corrected chi connectivity index (χ4v) is 7.72. The second-order valence-corrected chi connectivity index (χ2v) is 18.1. The molecular formula is C56H102O6. The van der Waals surface area contributed by atoms with Crippen molar-refractivity contribution in [2.45, 2.75) is 290 Å². The minimum absolute atomic E-state index is 0.0807. The molecule has 1 atom stereocenters. The Morgan fingerprint density at radius 2 is 0.532 bits per heavy atom. The van der Waals surface area contributed by atoms with Crippen LogP contribution in [0.15, 0.2) is 36.5 Å². The Hall–Kier alpha value is -2.37. The molecule has 0 bridgehead atoms. The number of esters is 3. The number of allylic oxidation sites excluding steroid dienone is 6. The Morgan fingerprint density at radius 3 is 0.823 bits per heavy atom. The first-order valence-electron chi connectivity index (χ1n) is 27.0. The molecule has 0 spiro atoms. The van der Waals surface area contributed by atoms with E-state index in [-0.39, 0.29) is 31.1 Å². The van der Waals surface area contributed by atoms with Crippen LogP contribution in [0, 0.1) is 0 Å². The average Bonchev–Trinajstić information content (AvgIpc) is 3.27. The summed E-state index contributed by atoms with van der Waals surface area (Å²) in [5.41, 5.74) is 0. The molecule has 0 aliphatic heterocycles. The summed E-state index contributed by atoms with van der Waals surface area (Å²) in [7, 11) is 0. The van der Waals surface area contributed by atoms with Gasteiger partial charge in [0.1, 0.15) is 13.2 Å². The predicted octanol–water partition coefficient (Wildman–Crippen LogP) is 17.7. The average molecular weight is 871 g/mol. The van der Waals surface area contributed by atoms with Gasteiger partial charge in [-0.05, 0) is 96.3 Å². The van der Waals surface area contributed by atoms with Crippen LogP contribution in [0.5, 0.6) is 0 Å². The third-order valence-electron chi connectivity index (χ3n) is 11.8. The molecule has 0 aromatic heterocycles. The van der Waals surface area contributed by atoms with Gasteiger partial charge in [0.2, 0.25) is 0 Å². The maximum atomic E-state index is 12.8. The van der Waals surface area contributed by atoms with Crippen molar-refractivity contribution in [1.82, 2.24) is 0 Å². The van der Waals surface area contributed by atoms with E-state index >= 15 is 0 Å². The van der Waals surface area contributed by atoms with E-state index < -0.39 is 6.10 Å².